The Morgan fingerprint density at radius 3 is 2.83 bits per heavy atom. The highest BCUT2D eigenvalue weighted by Crippen LogP contribution is 2.18. The van der Waals surface area contributed by atoms with Crippen LogP contribution in [0.3, 0.4) is 0 Å². The molecule has 0 saturated heterocycles. The number of hydrogen-bond donors (Lipinski definition) is 1. The zero-order valence-electron chi connectivity index (χ0n) is 6.72. The van der Waals surface area contributed by atoms with Crippen molar-refractivity contribution in [2.75, 3.05) is 0 Å². The van der Waals surface area contributed by atoms with E-state index in [9.17, 15) is 4.39 Å². The van der Waals surface area contributed by atoms with Crippen LogP contribution in [0.1, 0.15) is 12.5 Å². The normalized spacial score (nSPS) is 13.0. The Kier molecular flexibility index (Phi) is 3.06. The summed E-state index contributed by atoms with van der Waals surface area (Å²) in [6, 6.07) is 4.78. The number of benzene rings is 1. The van der Waals surface area contributed by atoms with Crippen molar-refractivity contribution in [2.45, 2.75) is 19.4 Å². The standard InChI is InChI=1S/C9H10ClFO/c1-6(12)5-7-3-2-4-8(10)9(7)11/h2-4,6,12H,5H2,1H3. The number of rotatable bonds is 2. The Morgan fingerprint density at radius 2 is 2.25 bits per heavy atom. The quantitative estimate of drug-likeness (QED) is 0.756. The second-order valence-electron chi connectivity index (χ2n) is 2.77. The van der Waals surface area contributed by atoms with Gasteiger partial charge in [-0.2, -0.15) is 0 Å². The van der Waals surface area contributed by atoms with Gasteiger partial charge in [-0.3, -0.25) is 0 Å². The number of aliphatic hydroxyl groups is 1. The first-order chi connectivity index (χ1) is 5.61. The third-order valence-corrected chi connectivity index (χ3v) is 1.84. The van der Waals surface area contributed by atoms with Gasteiger partial charge in [0, 0.05) is 6.42 Å². The van der Waals surface area contributed by atoms with E-state index in [0.717, 1.165) is 0 Å². The molecule has 0 amide bonds. The van der Waals surface area contributed by atoms with Gasteiger partial charge in [0.1, 0.15) is 5.82 Å². The van der Waals surface area contributed by atoms with Crippen molar-refractivity contribution < 1.29 is 9.50 Å². The lowest BCUT2D eigenvalue weighted by atomic mass is 10.1. The van der Waals surface area contributed by atoms with E-state index < -0.39 is 11.9 Å². The van der Waals surface area contributed by atoms with Crippen molar-refractivity contribution in [3.63, 3.8) is 0 Å². The molecule has 0 aliphatic carbocycles. The Morgan fingerprint density at radius 1 is 1.58 bits per heavy atom. The van der Waals surface area contributed by atoms with Gasteiger partial charge in [0.2, 0.25) is 0 Å². The Balaban J connectivity index is 2.92. The zero-order valence-corrected chi connectivity index (χ0v) is 7.48. The molecule has 12 heavy (non-hydrogen) atoms. The molecule has 0 spiro atoms. The van der Waals surface area contributed by atoms with E-state index in [-0.39, 0.29) is 5.02 Å². The molecular formula is C9H10ClFO. The summed E-state index contributed by atoms with van der Waals surface area (Å²) < 4.78 is 13.1. The van der Waals surface area contributed by atoms with E-state index in [1.807, 2.05) is 0 Å². The summed E-state index contributed by atoms with van der Waals surface area (Å²) in [5.74, 6) is -0.430. The average Bonchev–Trinajstić information content (AvgIpc) is 1.98. The fraction of sp³-hybridized carbons (Fsp3) is 0.333. The van der Waals surface area contributed by atoms with E-state index in [0.29, 0.717) is 12.0 Å². The van der Waals surface area contributed by atoms with Gasteiger partial charge in [-0.15, -0.1) is 0 Å². The van der Waals surface area contributed by atoms with Gasteiger partial charge in [0.15, 0.2) is 0 Å². The maximum Gasteiger partial charge on any atom is 0.145 e. The molecule has 1 nitrogen and oxygen atoms in total. The van der Waals surface area contributed by atoms with Gasteiger partial charge in [-0.25, -0.2) is 4.39 Å². The molecule has 0 fully saturated rings. The van der Waals surface area contributed by atoms with Crippen LogP contribution in [0.2, 0.25) is 5.02 Å². The van der Waals surface area contributed by atoms with E-state index in [4.69, 9.17) is 16.7 Å². The molecule has 0 aliphatic heterocycles. The van der Waals surface area contributed by atoms with Gasteiger partial charge in [-0.1, -0.05) is 23.7 Å². The van der Waals surface area contributed by atoms with Crippen molar-refractivity contribution >= 4 is 11.6 Å². The lowest BCUT2D eigenvalue weighted by Gasteiger charge is -2.05. The monoisotopic (exact) mass is 188 g/mol. The second-order valence-corrected chi connectivity index (χ2v) is 3.17. The maximum atomic E-state index is 13.1. The largest absolute Gasteiger partial charge is 0.393 e. The van der Waals surface area contributed by atoms with Gasteiger partial charge in [0.25, 0.3) is 0 Å². The summed E-state index contributed by atoms with van der Waals surface area (Å²) in [4.78, 5) is 0. The maximum absolute atomic E-state index is 13.1. The number of halogens is 2. The van der Waals surface area contributed by atoms with Crippen molar-refractivity contribution in [1.82, 2.24) is 0 Å². The summed E-state index contributed by atoms with van der Waals surface area (Å²) in [6.07, 6.45) is -0.246. The van der Waals surface area contributed by atoms with Crippen molar-refractivity contribution in [2.24, 2.45) is 0 Å². The molecule has 66 valence electrons. The number of hydrogen-bond acceptors (Lipinski definition) is 1. The summed E-state index contributed by atoms with van der Waals surface area (Å²) >= 11 is 5.54. The minimum Gasteiger partial charge on any atom is -0.393 e. The van der Waals surface area contributed by atoms with Gasteiger partial charge in [0.05, 0.1) is 11.1 Å². The second kappa shape index (κ2) is 3.87. The predicted molar refractivity (Wildman–Crippen MR) is 46.8 cm³/mol. The Labute approximate surface area is 75.8 Å². The highest BCUT2D eigenvalue weighted by molar-refractivity contribution is 6.30. The number of aliphatic hydroxyl groups excluding tert-OH is 1. The van der Waals surface area contributed by atoms with Crippen molar-refractivity contribution in [1.29, 1.82) is 0 Å². The molecule has 1 aromatic carbocycles. The first-order valence-electron chi connectivity index (χ1n) is 3.72. The lowest BCUT2D eigenvalue weighted by molar-refractivity contribution is 0.194. The first-order valence-corrected chi connectivity index (χ1v) is 4.10. The van der Waals surface area contributed by atoms with Crippen LogP contribution < -0.4 is 0 Å². The summed E-state index contributed by atoms with van der Waals surface area (Å²) in [5, 5.41) is 9.12. The third kappa shape index (κ3) is 2.19. The molecule has 0 aromatic heterocycles. The smallest absolute Gasteiger partial charge is 0.145 e. The van der Waals surface area contributed by atoms with Crippen LogP contribution in [0.5, 0.6) is 0 Å². The highest BCUT2D eigenvalue weighted by Gasteiger charge is 2.07. The van der Waals surface area contributed by atoms with Crippen molar-refractivity contribution in [3.05, 3.63) is 34.6 Å². The molecular weight excluding hydrogens is 179 g/mol. The van der Waals surface area contributed by atoms with E-state index in [1.54, 1.807) is 19.1 Å². The molecule has 0 radical (unpaired) electrons. The Bertz CT molecular complexity index is 273. The minimum absolute atomic E-state index is 0.105. The Hall–Kier alpha value is -0.600. The summed E-state index contributed by atoms with van der Waals surface area (Å²) in [6.45, 7) is 1.61. The van der Waals surface area contributed by atoms with Crippen LogP contribution in [0.15, 0.2) is 18.2 Å². The van der Waals surface area contributed by atoms with Gasteiger partial charge >= 0.3 is 0 Å². The van der Waals surface area contributed by atoms with Crippen molar-refractivity contribution in [3.8, 4) is 0 Å². The molecule has 1 aromatic rings. The van der Waals surface area contributed by atoms with Crippen LogP contribution in [0, 0.1) is 5.82 Å². The van der Waals surface area contributed by atoms with E-state index in [2.05, 4.69) is 0 Å². The molecule has 1 unspecified atom stereocenters. The average molecular weight is 189 g/mol. The molecule has 0 aliphatic rings. The predicted octanol–water partition coefficient (Wildman–Crippen LogP) is 2.40. The fourth-order valence-electron chi connectivity index (χ4n) is 1.02. The van der Waals surface area contributed by atoms with Crippen LogP contribution >= 0.6 is 11.6 Å². The minimum atomic E-state index is -0.544. The van der Waals surface area contributed by atoms with Crippen LogP contribution in [-0.4, -0.2) is 11.2 Å². The van der Waals surface area contributed by atoms with Crippen LogP contribution in [0.25, 0.3) is 0 Å². The van der Waals surface area contributed by atoms with Crippen LogP contribution in [-0.2, 0) is 6.42 Å². The summed E-state index contributed by atoms with van der Waals surface area (Å²) in [5.41, 5.74) is 0.456. The third-order valence-electron chi connectivity index (χ3n) is 1.55. The molecule has 0 heterocycles. The van der Waals surface area contributed by atoms with E-state index in [1.165, 1.54) is 6.07 Å². The first kappa shape index (κ1) is 9.49. The molecule has 0 bridgehead atoms. The molecule has 1 atom stereocenters. The molecule has 0 saturated carbocycles. The van der Waals surface area contributed by atoms with Crippen LogP contribution in [0.4, 0.5) is 4.39 Å². The zero-order chi connectivity index (χ0) is 9.14. The molecule has 1 rings (SSSR count). The fourth-order valence-corrected chi connectivity index (χ4v) is 1.22. The topological polar surface area (TPSA) is 20.2 Å². The van der Waals surface area contributed by atoms with Gasteiger partial charge < -0.3 is 5.11 Å². The SMILES string of the molecule is CC(O)Cc1cccc(Cl)c1F. The van der Waals surface area contributed by atoms with E-state index >= 15 is 0 Å². The summed E-state index contributed by atoms with van der Waals surface area (Å²) in [7, 11) is 0. The molecule has 1 N–H and O–H groups in total. The van der Waals surface area contributed by atoms with Gasteiger partial charge in [-0.05, 0) is 18.6 Å². The highest BCUT2D eigenvalue weighted by atomic mass is 35.5. The molecule has 3 heteroatoms. The lowest BCUT2D eigenvalue weighted by Crippen LogP contribution is -2.05.